The highest BCUT2D eigenvalue weighted by Crippen LogP contribution is 2.33. The van der Waals surface area contributed by atoms with Crippen molar-refractivity contribution in [2.24, 2.45) is 11.3 Å². The van der Waals surface area contributed by atoms with E-state index in [-0.39, 0.29) is 17.2 Å². The molecule has 4 nitrogen and oxygen atoms in total. The van der Waals surface area contributed by atoms with Gasteiger partial charge in [-0.1, -0.05) is 27.4 Å². The number of likely N-dealkylation sites (tertiary alicyclic amines) is 1. The van der Waals surface area contributed by atoms with Gasteiger partial charge in [-0.3, -0.25) is 9.59 Å². The van der Waals surface area contributed by atoms with E-state index in [4.69, 9.17) is 0 Å². The molecular weight excluding hydrogens is 276 g/mol. The van der Waals surface area contributed by atoms with Crippen molar-refractivity contribution in [3.8, 4) is 0 Å². The van der Waals surface area contributed by atoms with Crippen LogP contribution < -0.4 is 0 Å². The molecule has 0 bridgehead atoms. The van der Waals surface area contributed by atoms with Crippen LogP contribution in [-0.4, -0.2) is 41.2 Å². The average Bonchev–Trinajstić information content (AvgIpc) is 3.04. The Morgan fingerprint density at radius 3 is 2.59 bits per heavy atom. The van der Waals surface area contributed by atoms with E-state index in [9.17, 15) is 9.59 Å². The molecule has 1 saturated heterocycles. The van der Waals surface area contributed by atoms with Gasteiger partial charge in [-0.15, -0.1) is 0 Å². The molecule has 0 aromatic heterocycles. The van der Waals surface area contributed by atoms with Crippen molar-refractivity contribution in [3.05, 3.63) is 24.4 Å². The van der Waals surface area contributed by atoms with Gasteiger partial charge in [0.15, 0.2) is 0 Å². The summed E-state index contributed by atoms with van der Waals surface area (Å²) >= 11 is 0. The molecule has 0 saturated carbocycles. The maximum Gasteiger partial charge on any atom is 0.251 e. The van der Waals surface area contributed by atoms with Crippen molar-refractivity contribution in [1.29, 1.82) is 0 Å². The fraction of sp³-hybridized carbons (Fsp3) is 0.667. The first-order valence-electron chi connectivity index (χ1n) is 8.25. The van der Waals surface area contributed by atoms with E-state index in [1.165, 1.54) is 0 Å². The number of hydrogen-bond acceptors (Lipinski definition) is 2. The second-order valence-corrected chi connectivity index (χ2v) is 7.46. The van der Waals surface area contributed by atoms with Gasteiger partial charge in [0.05, 0.1) is 0 Å². The second-order valence-electron chi connectivity index (χ2n) is 7.46. The Bertz CT molecular complexity index is 470. The lowest BCUT2D eigenvalue weighted by atomic mass is 9.80. The van der Waals surface area contributed by atoms with Gasteiger partial charge in [0.25, 0.3) is 5.91 Å². The quantitative estimate of drug-likeness (QED) is 0.733. The number of hydrogen-bond donors (Lipinski definition) is 0. The molecule has 4 heteroatoms. The summed E-state index contributed by atoms with van der Waals surface area (Å²) in [6, 6.07) is 0. The van der Waals surface area contributed by atoms with Gasteiger partial charge >= 0.3 is 0 Å². The zero-order valence-corrected chi connectivity index (χ0v) is 14.1. The summed E-state index contributed by atoms with van der Waals surface area (Å²) in [7, 11) is 0. The van der Waals surface area contributed by atoms with Crippen LogP contribution in [0.5, 0.6) is 0 Å². The third kappa shape index (κ3) is 3.99. The molecule has 1 unspecified atom stereocenters. The Morgan fingerprint density at radius 1 is 1.32 bits per heavy atom. The number of carbonyl (C=O) groups excluding carboxylic acids is 2. The molecule has 22 heavy (non-hydrogen) atoms. The molecule has 0 N–H and O–H groups in total. The summed E-state index contributed by atoms with van der Waals surface area (Å²) in [6.45, 7) is 13.0. The molecule has 0 radical (unpaired) electrons. The molecule has 0 aromatic rings. The standard InChI is InChI=1S/C18H28N2O2/c1-14-8-9-17(22)20(14)11-6-5-7-16(21)19-12-10-15(13-19)18(2,3)4/h8-9,15H,1,5-7,10-13H2,2-4H3. The zero-order valence-electron chi connectivity index (χ0n) is 14.1. The first-order chi connectivity index (χ1) is 10.3. The number of nitrogens with zero attached hydrogens (tertiary/aromatic N) is 2. The number of allylic oxidation sites excluding steroid dienone is 1. The summed E-state index contributed by atoms with van der Waals surface area (Å²) in [6.07, 6.45) is 6.65. The van der Waals surface area contributed by atoms with Gasteiger partial charge in [-0.25, -0.2) is 0 Å². The topological polar surface area (TPSA) is 40.6 Å². The lowest BCUT2D eigenvalue weighted by Gasteiger charge is -2.27. The molecule has 122 valence electrons. The zero-order chi connectivity index (χ0) is 16.3. The van der Waals surface area contributed by atoms with Gasteiger partial charge in [-0.05, 0) is 36.7 Å². The molecule has 2 rings (SSSR count). The van der Waals surface area contributed by atoms with Crippen LogP contribution in [0.4, 0.5) is 0 Å². The van der Waals surface area contributed by atoms with E-state index in [1.54, 1.807) is 17.1 Å². The van der Waals surface area contributed by atoms with Crippen LogP contribution in [0.2, 0.25) is 0 Å². The highest BCUT2D eigenvalue weighted by molar-refractivity contribution is 5.92. The third-order valence-electron chi connectivity index (χ3n) is 4.82. The van der Waals surface area contributed by atoms with Crippen molar-refractivity contribution in [2.45, 2.75) is 46.5 Å². The number of amides is 2. The molecule has 1 atom stereocenters. The van der Waals surface area contributed by atoms with E-state index in [0.717, 1.165) is 38.0 Å². The maximum atomic E-state index is 12.3. The lowest BCUT2D eigenvalue weighted by molar-refractivity contribution is -0.130. The van der Waals surface area contributed by atoms with Crippen LogP contribution in [-0.2, 0) is 9.59 Å². The van der Waals surface area contributed by atoms with Crippen LogP contribution in [0.15, 0.2) is 24.4 Å². The highest BCUT2D eigenvalue weighted by Gasteiger charge is 2.33. The van der Waals surface area contributed by atoms with Crippen LogP contribution in [0.3, 0.4) is 0 Å². The fourth-order valence-electron chi connectivity index (χ4n) is 3.14. The van der Waals surface area contributed by atoms with E-state index < -0.39 is 0 Å². The van der Waals surface area contributed by atoms with Crippen molar-refractivity contribution >= 4 is 11.8 Å². The van der Waals surface area contributed by atoms with Crippen molar-refractivity contribution in [3.63, 3.8) is 0 Å². The molecular formula is C18H28N2O2. The van der Waals surface area contributed by atoms with E-state index in [0.29, 0.717) is 18.9 Å². The normalized spacial score (nSPS) is 22.0. The maximum absolute atomic E-state index is 12.3. The first-order valence-corrected chi connectivity index (χ1v) is 8.25. The smallest absolute Gasteiger partial charge is 0.251 e. The lowest BCUT2D eigenvalue weighted by Crippen LogP contribution is -2.31. The largest absolute Gasteiger partial charge is 0.342 e. The van der Waals surface area contributed by atoms with E-state index in [1.807, 2.05) is 4.90 Å². The molecule has 1 fully saturated rings. The van der Waals surface area contributed by atoms with Crippen LogP contribution in [0, 0.1) is 11.3 Å². The summed E-state index contributed by atoms with van der Waals surface area (Å²) < 4.78 is 0. The number of carbonyl (C=O) groups is 2. The molecule has 0 aliphatic carbocycles. The van der Waals surface area contributed by atoms with Gasteiger partial charge in [-0.2, -0.15) is 0 Å². The predicted octanol–water partition coefficient (Wildman–Crippen LogP) is 2.96. The van der Waals surface area contributed by atoms with Gasteiger partial charge in [0, 0.05) is 37.8 Å². The van der Waals surface area contributed by atoms with Crippen molar-refractivity contribution in [2.75, 3.05) is 19.6 Å². The van der Waals surface area contributed by atoms with E-state index >= 15 is 0 Å². The van der Waals surface area contributed by atoms with Crippen LogP contribution in [0.25, 0.3) is 0 Å². The molecule has 2 aliphatic rings. The monoisotopic (exact) mass is 304 g/mol. The fourth-order valence-corrected chi connectivity index (χ4v) is 3.14. The average molecular weight is 304 g/mol. The minimum atomic E-state index is 0.00360. The Balaban J connectivity index is 1.67. The van der Waals surface area contributed by atoms with Crippen LogP contribution in [0.1, 0.15) is 46.5 Å². The minimum Gasteiger partial charge on any atom is -0.342 e. The Hall–Kier alpha value is -1.58. The molecule has 2 heterocycles. The Morgan fingerprint density at radius 2 is 2.05 bits per heavy atom. The molecule has 2 amide bonds. The molecule has 0 spiro atoms. The van der Waals surface area contributed by atoms with Crippen molar-refractivity contribution < 1.29 is 9.59 Å². The Labute approximate surface area is 133 Å². The molecule has 0 aromatic carbocycles. The van der Waals surface area contributed by atoms with Crippen LogP contribution >= 0.6 is 0 Å². The summed E-state index contributed by atoms with van der Waals surface area (Å²) in [5, 5.41) is 0. The number of unbranched alkanes of at least 4 members (excludes halogenated alkanes) is 1. The van der Waals surface area contributed by atoms with Gasteiger partial charge < -0.3 is 9.80 Å². The predicted molar refractivity (Wildman–Crippen MR) is 88.0 cm³/mol. The number of rotatable bonds is 5. The summed E-state index contributed by atoms with van der Waals surface area (Å²) in [5.74, 6) is 0.869. The summed E-state index contributed by atoms with van der Waals surface area (Å²) in [5.41, 5.74) is 1.03. The van der Waals surface area contributed by atoms with Gasteiger partial charge in [0.2, 0.25) is 5.91 Å². The Kier molecular flexibility index (Phi) is 5.09. The van der Waals surface area contributed by atoms with Gasteiger partial charge in [0.1, 0.15) is 0 Å². The summed E-state index contributed by atoms with van der Waals surface area (Å²) in [4.78, 5) is 27.5. The first kappa shape index (κ1) is 16.8. The SMILES string of the molecule is C=C1C=CC(=O)N1CCCCC(=O)N1CCC(C(C)(C)C)C1. The third-order valence-corrected chi connectivity index (χ3v) is 4.82. The van der Waals surface area contributed by atoms with E-state index in [2.05, 4.69) is 27.4 Å². The van der Waals surface area contributed by atoms with Crippen molar-refractivity contribution in [1.82, 2.24) is 9.80 Å². The second kappa shape index (κ2) is 6.67. The minimum absolute atomic E-state index is 0.00360. The molecule has 2 aliphatic heterocycles. The highest BCUT2D eigenvalue weighted by atomic mass is 16.2.